The van der Waals surface area contributed by atoms with Crippen LogP contribution < -0.4 is 0 Å². The highest BCUT2D eigenvalue weighted by molar-refractivity contribution is 7.99. The quantitative estimate of drug-likeness (QED) is 0.810. The number of amides is 1. The molecule has 3 unspecified atom stereocenters. The van der Waals surface area contributed by atoms with Gasteiger partial charge in [-0.25, -0.2) is 4.79 Å². The summed E-state index contributed by atoms with van der Waals surface area (Å²) in [5.74, 6) is 1.64. The van der Waals surface area contributed by atoms with Crippen molar-refractivity contribution in [3.8, 4) is 0 Å². The Labute approximate surface area is 105 Å². The summed E-state index contributed by atoms with van der Waals surface area (Å²) in [7, 11) is 0. The molecule has 0 spiro atoms. The Kier molecular flexibility index (Phi) is 2.81. The van der Waals surface area contributed by atoms with Gasteiger partial charge in [-0.05, 0) is 24.7 Å². The number of thioether (sulfide) groups is 1. The van der Waals surface area contributed by atoms with Gasteiger partial charge in [-0.2, -0.15) is 0 Å². The number of carboxylic acids is 1. The molecule has 3 fully saturated rings. The maximum atomic E-state index is 12.3. The van der Waals surface area contributed by atoms with E-state index >= 15 is 0 Å². The third-order valence-electron chi connectivity index (χ3n) is 4.39. The maximum absolute atomic E-state index is 12.3. The SMILES string of the molecule is O=C(O)C1CSCN1C(=O)C1C2CCCCC21. The van der Waals surface area contributed by atoms with Crippen LogP contribution in [0, 0.1) is 17.8 Å². The summed E-state index contributed by atoms with van der Waals surface area (Å²) in [6.45, 7) is 0. The van der Waals surface area contributed by atoms with Gasteiger partial charge in [-0.3, -0.25) is 4.79 Å². The second kappa shape index (κ2) is 4.19. The minimum absolute atomic E-state index is 0.110. The van der Waals surface area contributed by atoms with Crippen molar-refractivity contribution in [2.45, 2.75) is 31.7 Å². The summed E-state index contributed by atoms with van der Waals surface area (Å²) >= 11 is 1.55. The Bertz CT molecular complexity index is 348. The van der Waals surface area contributed by atoms with Crippen LogP contribution in [0.4, 0.5) is 0 Å². The van der Waals surface area contributed by atoms with Crippen LogP contribution >= 0.6 is 11.8 Å². The zero-order valence-corrected chi connectivity index (χ0v) is 10.5. The lowest BCUT2D eigenvalue weighted by Gasteiger charge is -2.20. The topological polar surface area (TPSA) is 57.6 Å². The van der Waals surface area contributed by atoms with Gasteiger partial charge in [0.15, 0.2) is 0 Å². The number of carboxylic acid groups (broad SMARTS) is 1. The zero-order valence-electron chi connectivity index (χ0n) is 9.67. The van der Waals surface area contributed by atoms with E-state index in [1.165, 1.54) is 25.7 Å². The molecule has 3 aliphatic rings. The first-order chi connectivity index (χ1) is 8.20. The van der Waals surface area contributed by atoms with E-state index in [2.05, 4.69) is 0 Å². The fourth-order valence-corrected chi connectivity index (χ4v) is 4.57. The predicted molar refractivity (Wildman–Crippen MR) is 64.5 cm³/mol. The number of aliphatic carboxylic acids is 1. The monoisotopic (exact) mass is 255 g/mol. The van der Waals surface area contributed by atoms with Gasteiger partial charge in [-0.15, -0.1) is 11.8 Å². The lowest BCUT2D eigenvalue weighted by atomic mass is 10.0. The highest BCUT2D eigenvalue weighted by Gasteiger charge is 2.57. The van der Waals surface area contributed by atoms with Gasteiger partial charge in [0.05, 0.1) is 5.88 Å². The van der Waals surface area contributed by atoms with E-state index in [-0.39, 0.29) is 11.8 Å². The van der Waals surface area contributed by atoms with E-state index in [0.717, 1.165) is 0 Å². The molecule has 0 aromatic heterocycles. The molecule has 1 amide bonds. The van der Waals surface area contributed by atoms with Crippen molar-refractivity contribution in [3.05, 3.63) is 0 Å². The Hall–Kier alpha value is -0.710. The van der Waals surface area contributed by atoms with Crippen molar-refractivity contribution in [2.24, 2.45) is 17.8 Å². The van der Waals surface area contributed by atoms with Gasteiger partial charge in [0.25, 0.3) is 0 Å². The molecule has 0 bridgehead atoms. The van der Waals surface area contributed by atoms with E-state index in [1.807, 2.05) is 0 Å². The van der Waals surface area contributed by atoms with Gasteiger partial charge >= 0.3 is 5.97 Å². The molecule has 1 heterocycles. The van der Waals surface area contributed by atoms with Crippen molar-refractivity contribution in [1.82, 2.24) is 4.90 Å². The molecule has 1 N–H and O–H groups in total. The molecule has 1 saturated heterocycles. The molecule has 94 valence electrons. The summed E-state index contributed by atoms with van der Waals surface area (Å²) in [6.07, 6.45) is 4.81. The van der Waals surface area contributed by atoms with Crippen LogP contribution in [0.1, 0.15) is 25.7 Å². The van der Waals surface area contributed by atoms with Crippen molar-refractivity contribution in [2.75, 3.05) is 11.6 Å². The maximum Gasteiger partial charge on any atom is 0.327 e. The molecule has 4 nitrogen and oxygen atoms in total. The fraction of sp³-hybridized carbons (Fsp3) is 0.833. The largest absolute Gasteiger partial charge is 0.480 e. The van der Waals surface area contributed by atoms with E-state index in [9.17, 15) is 9.59 Å². The normalized spacial score (nSPS) is 39.9. The standard InChI is InChI=1S/C12H17NO3S/c14-11(10-7-3-1-2-4-8(7)10)13-6-17-5-9(13)12(15)16/h7-10H,1-6H2,(H,15,16). The average Bonchev–Trinajstić information content (AvgIpc) is 2.83. The summed E-state index contributed by atoms with van der Waals surface area (Å²) in [4.78, 5) is 25.0. The third-order valence-corrected chi connectivity index (χ3v) is 5.40. The number of fused-ring (bicyclic) bond motifs is 1. The summed E-state index contributed by atoms with van der Waals surface area (Å²) in [5, 5.41) is 9.09. The number of hydrogen-bond acceptors (Lipinski definition) is 3. The lowest BCUT2D eigenvalue weighted by Crippen LogP contribution is -2.42. The molecule has 0 radical (unpaired) electrons. The van der Waals surface area contributed by atoms with Crippen LogP contribution in [-0.4, -0.2) is 39.6 Å². The number of hydrogen-bond donors (Lipinski definition) is 1. The van der Waals surface area contributed by atoms with E-state index < -0.39 is 12.0 Å². The molecular weight excluding hydrogens is 238 g/mol. The van der Waals surface area contributed by atoms with E-state index in [1.54, 1.807) is 16.7 Å². The number of rotatable bonds is 2. The number of carbonyl (C=O) groups excluding carboxylic acids is 1. The van der Waals surface area contributed by atoms with Crippen LogP contribution in [0.3, 0.4) is 0 Å². The van der Waals surface area contributed by atoms with Gasteiger partial charge in [0.1, 0.15) is 6.04 Å². The lowest BCUT2D eigenvalue weighted by molar-refractivity contribution is -0.148. The highest BCUT2D eigenvalue weighted by Crippen LogP contribution is 2.56. The van der Waals surface area contributed by atoms with Crippen molar-refractivity contribution in [3.63, 3.8) is 0 Å². The zero-order chi connectivity index (χ0) is 12.0. The second-order valence-electron chi connectivity index (χ2n) is 5.30. The minimum atomic E-state index is -0.855. The predicted octanol–water partition coefficient (Wildman–Crippen LogP) is 1.41. The minimum Gasteiger partial charge on any atom is -0.480 e. The molecule has 0 aromatic carbocycles. The van der Waals surface area contributed by atoms with Crippen LogP contribution in [0.25, 0.3) is 0 Å². The fourth-order valence-electron chi connectivity index (χ4n) is 3.41. The first kappa shape index (κ1) is 11.4. The molecule has 3 rings (SSSR count). The number of nitrogens with zero attached hydrogens (tertiary/aromatic N) is 1. The van der Waals surface area contributed by atoms with Crippen molar-refractivity contribution in [1.29, 1.82) is 0 Å². The first-order valence-electron chi connectivity index (χ1n) is 6.31. The molecule has 5 heteroatoms. The Balaban J connectivity index is 1.68. The average molecular weight is 255 g/mol. The molecule has 2 aliphatic carbocycles. The summed E-state index contributed by atoms with van der Waals surface area (Å²) in [6, 6.07) is -0.588. The van der Waals surface area contributed by atoms with Gasteiger partial charge < -0.3 is 10.0 Å². The van der Waals surface area contributed by atoms with Gasteiger partial charge in [0.2, 0.25) is 5.91 Å². The molecular formula is C12H17NO3S. The number of carbonyl (C=O) groups is 2. The molecule has 3 atom stereocenters. The van der Waals surface area contributed by atoms with Crippen molar-refractivity contribution >= 4 is 23.6 Å². The molecule has 1 aliphatic heterocycles. The van der Waals surface area contributed by atoms with Crippen LogP contribution in [0.15, 0.2) is 0 Å². The molecule has 2 saturated carbocycles. The Morgan fingerprint density at radius 3 is 2.41 bits per heavy atom. The van der Waals surface area contributed by atoms with Crippen LogP contribution in [0.2, 0.25) is 0 Å². The summed E-state index contributed by atoms with van der Waals surface area (Å²) < 4.78 is 0. The second-order valence-corrected chi connectivity index (χ2v) is 6.30. The van der Waals surface area contributed by atoms with Crippen LogP contribution in [0.5, 0.6) is 0 Å². The molecule has 17 heavy (non-hydrogen) atoms. The third kappa shape index (κ3) is 1.84. The smallest absolute Gasteiger partial charge is 0.327 e. The first-order valence-corrected chi connectivity index (χ1v) is 7.46. The van der Waals surface area contributed by atoms with Gasteiger partial charge in [-0.1, -0.05) is 12.8 Å². The van der Waals surface area contributed by atoms with E-state index in [4.69, 9.17) is 5.11 Å². The van der Waals surface area contributed by atoms with Crippen molar-refractivity contribution < 1.29 is 14.7 Å². The Morgan fingerprint density at radius 1 is 1.18 bits per heavy atom. The molecule has 0 aromatic rings. The highest BCUT2D eigenvalue weighted by atomic mass is 32.2. The van der Waals surface area contributed by atoms with E-state index in [0.29, 0.717) is 23.5 Å². The van der Waals surface area contributed by atoms with Gasteiger partial charge in [0, 0.05) is 11.7 Å². The summed E-state index contributed by atoms with van der Waals surface area (Å²) in [5.41, 5.74) is 0. The van der Waals surface area contributed by atoms with Crippen LogP contribution in [-0.2, 0) is 9.59 Å². The Morgan fingerprint density at radius 2 is 1.82 bits per heavy atom.